The van der Waals surface area contributed by atoms with Crippen molar-refractivity contribution in [3.8, 4) is 0 Å². The zero-order chi connectivity index (χ0) is 15.9. The van der Waals surface area contributed by atoms with Crippen LogP contribution in [-0.2, 0) is 0 Å². The molecule has 24 heavy (non-hydrogen) atoms. The number of carbonyl (C=O) groups excluding carboxylic acids is 1. The molecule has 0 bridgehead atoms. The van der Waals surface area contributed by atoms with Crippen LogP contribution < -0.4 is 5.73 Å². The molecule has 0 radical (unpaired) electrons. The van der Waals surface area contributed by atoms with Gasteiger partial charge in [0.1, 0.15) is 0 Å². The van der Waals surface area contributed by atoms with E-state index in [4.69, 9.17) is 5.73 Å². The smallest absolute Gasteiger partial charge is 0.255 e. The van der Waals surface area contributed by atoms with Gasteiger partial charge in [-0.15, -0.1) is 24.8 Å². The molecule has 2 aromatic heterocycles. The van der Waals surface area contributed by atoms with Crippen LogP contribution in [-0.4, -0.2) is 44.7 Å². The number of carbonyl (C=O) groups is 1. The van der Waals surface area contributed by atoms with E-state index >= 15 is 0 Å². The Morgan fingerprint density at radius 3 is 2.50 bits per heavy atom. The number of amides is 1. The largest absolute Gasteiger partial charge is 0.338 e. The Bertz CT molecular complexity index is 708. The number of aromatic nitrogens is 3. The van der Waals surface area contributed by atoms with Gasteiger partial charge in [-0.2, -0.15) is 5.10 Å². The minimum atomic E-state index is 0. The van der Waals surface area contributed by atoms with Crippen LogP contribution in [0.5, 0.6) is 0 Å². The van der Waals surface area contributed by atoms with Crippen LogP contribution >= 0.6 is 24.8 Å². The minimum absolute atomic E-state index is 0. The highest BCUT2D eigenvalue weighted by Gasteiger charge is 2.24. The first-order valence-electron chi connectivity index (χ1n) is 7.87. The van der Waals surface area contributed by atoms with Gasteiger partial charge in [0.2, 0.25) is 0 Å². The number of hydrogen-bond acceptors (Lipinski definition) is 4. The summed E-state index contributed by atoms with van der Waals surface area (Å²) >= 11 is 0. The molecule has 0 saturated carbocycles. The van der Waals surface area contributed by atoms with Crippen molar-refractivity contribution >= 4 is 41.8 Å². The van der Waals surface area contributed by atoms with Gasteiger partial charge in [0.25, 0.3) is 5.91 Å². The molecule has 3 heterocycles. The molecule has 1 aliphatic heterocycles. The number of aryl methyl sites for hydroxylation is 1. The summed E-state index contributed by atoms with van der Waals surface area (Å²) in [7, 11) is 0. The molecule has 1 aliphatic rings. The van der Waals surface area contributed by atoms with E-state index in [1.165, 1.54) is 0 Å². The Kier molecular flexibility index (Phi) is 7.01. The number of fused-ring (bicyclic) bond motifs is 1. The molecular formula is C16H25Cl2N5O. The average molecular weight is 374 g/mol. The third kappa shape index (κ3) is 3.82. The third-order valence-electron chi connectivity index (χ3n) is 4.31. The Morgan fingerprint density at radius 2 is 1.92 bits per heavy atom. The van der Waals surface area contributed by atoms with E-state index in [-0.39, 0.29) is 42.8 Å². The lowest BCUT2D eigenvalue weighted by molar-refractivity contribution is 0.0713. The fourth-order valence-corrected chi connectivity index (χ4v) is 2.93. The summed E-state index contributed by atoms with van der Waals surface area (Å²) in [6.07, 6.45) is 3.52. The first-order chi connectivity index (χ1) is 10.5. The second-order valence-electron chi connectivity index (χ2n) is 6.35. The second-order valence-corrected chi connectivity index (χ2v) is 6.35. The van der Waals surface area contributed by atoms with Gasteiger partial charge in [-0.05, 0) is 39.7 Å². The van der Waals surface area contributed by atoms with E-state index in [0.29, 0.717) is 5.56 Å². The fourth-order valence-electron chi connectivity index (χ4n) is 2.93. The van der Waals surface area contributed by atoms with Crippen LogP contribution in [0.25, 0.3) is 11.0 Å². The summed E-state index contributed by atoms with van der Waals surface area (Å²) in [5.74, 6) is 0.0519. The van der Waals surface area contributed by atoms with Crippen LogP contribution in [0.3, 0.4) is 0 Å². The Balaban J connectivity index is 0.00000144. The van der Waals surface area contributed by atoms with E-state index in [9.17, 15) is 4.79 Å². The van der Waals surface area contributed by atoms with Gasteiger partial charge in [0, 0.05) is 30.6 Å². The van der Waals surface area contributed by atoms with Gasteiger partial charge < -0.3 is 10.6 Å². The molecule has 1 amide bonds. The lowest BCUT2D eigenvalue weighted by Gasteiger charge is -2.30. The van der Waals surface area contributed by atoms with Gasteiger partial charge in [-0.25, -0.2) is 9.67 Å². The minimum Gasteiger partial charge on any atom is -0.338 e. The van der Waals surface area contributed by atoms with Crippen molar-refractivity contribution < 1.29 is 4.79 Å². The molecule has 0 aliphatic carbocycles. The summed E-state index contributed by atoms with van der Waals surface area (Å²) in [5.41, 5.74) is 8.18. The van der Waals surface area contributed by atoms with Crippen molar-refractivity contribution in [3.63, 3.8) is 0 Å². The summed E-state index contributed by atoms with van der Waals surface area (Å²) in [4.78, 5) is 19.2. The van der Waals surface area contributed by atoms with Gasteiger partial charge in [-0.1, -0.05) is 0 Å². The summed E-state index contributed by atoms with van der Waals surface area (Å²) in [6, 6.07) is 2.38. The molecule has 1 fully saturated rings. The maximum Gasteiger partial charge on any atom is 0.255 e. The van der Waals surface area contributed by atoms with Crippen molar-refractivity contribution in [2.45, 2.75) is 45.7 Å². The first-order valence-corrected chi connectivity index (χ1v) is 7.87. The van der Waals surface area contributed by atoms with Gasteiger partial charge >= 0.3 is 0 Å². The molecule has 6 nitrogen and oxygen atoms in total. The predicted octanol–water partition coefficient (Wildman–Crippen LogP) is 2.73. The van der Waals surface area contributed by atoms with Crippen molar-refractivity contribution in [2.24, 2.45) is 5.73 Å². The summed E-state index contributed by atoms with van der Waals surface area (Å²) in [5, 5.41) is 5.28. The van der Waals surface area contributed by atoms with E-state index < -0.39 is 0 Å². The van der Waals surface area contributed by atoms with E-state index in [2.05, 4.69) is 23.9 Å². The molecule has 3 rings (SSSR count). The zero-order valence-corrected chi connectivity index (χ0v) is 15.9. The topological polar surface area (TPSA) is 77.0 Å². The van der Waals surface area contributed by atoms with Crippen LogP contribution in [0.2, 0.25) is 0 Å². The number of likely N-dealkylation sites (tertiary alicyclic amines) is 1. The molecule has 1 saturated heterocycles. The second kappa shape index (κ2) is 8.14. The van der Waals surface area contributed by atoms with Crippen LogP contribution in [0.15, 0.2) is 12.3 Å². The number of nitrogens with two attached hydrogens (primary N) is 1. The van der Waals surface area contributed by atoms with Crippen molar-refractivity contribution in [2.75, 3.05) is 13.1 Å². The summed E-state index contributed by atoms with van der Waals surface area (Å²) < 4.78 is 1.89. The zero-order valence-electron chi connectivity index (χ0n) is 14.2. The van der Waals surface area contributed by atoms with Crippen LogP contribution in [0, 0.1) is 6.92 Å². The Morgan fingerprint density at radius 1 is 1.29 bits per heavy atom. The Hall–Kier alpha value is -1.37. The van der Waals surface area contributed by atoms with Gasteiger partial charge in [-0.3, -0.25) is 4.79 Å². The maximum atomic E-state index is 12.7. The molecule has 8 heteroatoms. The number of pyridine rings is 1. The summed E-state index contributed by atoms with van der Waals surface area (Å²) in [6.45, 7) is 7.48. The average Bonchev–Trinajstić information content (AvgIpc) is 2.89. The number of hydrogen-bond donors (Lipinski definition) is 1. The van der Waals surface area contributed by atoms with E-state index in [0.717, 1.165) is 42.7 Å². The lowest BCUT2D eigenvalue weighted by Crippen LogP contribution is -2.43. The molecule has 2 N–H and O–H groups in total. The molecule has 2 aromatic rings. The number of halogens is 2. The normalized spacial score (nSPS) is 15.3. The highest BCUT2D eigenvalue weighted by Crippen LogP contribution is 2.21. The number of piperidine rings is 1. The molecule has 0 aromatic carbocycles. The third-order valence-corrected chi connectivity index (χ3v) is 4.31. The molecule has 0 unspecified atom stereocenters. The number of nitrogens with zero attached hydrogens (tertiary/aromatic N) is 4. The molecular weight excluding hydrogens is 349 g/mol. The standard InChI is InChI=1S/C16H23N5O.2ClH/c1-10(2)21-15-12(9-18-21)8-14(11(3)19-15)16(22)20-6-4-13(17)5-7-20;;/h8-10,13H,4-7,17H2,1-3H3;2*1H. The first kappa shape index (κ1) is 20.7. The fraction of sp³-hybridized carbons (Fsp3) is 0.562. The van der Waals surface area contributed by atoms with E-state index in [1.54, 1.807) is 6.20 Å². The highest BCUT2D eigenvalue weighted by molar-refractivity contribution is 5.98. The lowest BCUT2D eigenvalue weighted by atomic mass is 10.0. The van der Waals surface area contributed by atoms with Crippen molar-refractivity contribution in [1.29, 1.82) is 0 Å². The van der Waals surface area contributed by atoms with Crippen molar-refractivity contribution in [1.82, 2.24) is 19.7 Å². The van der Waals surface area contributed by atoms with Crippen molar-refractivity contribution in [3.05, 3.63) is 23.5 Å². The van der Waals surface area contributed by atoms with E-state index in [1.807, 2.05) is 22.6 Å². The molecule has 0 spiro atoms. The van der Waals surface area contributed by atoms with Crippen LogP contribution in [0.1, 0.15) is 48.8 Å². The quantitative estimate of drug-likeness (QED) is 0.877. The molecule has 134 valence electrons. The van der Waals surface area contributed by atoms with Crippen LogP contribution in [0.4, 0.5) is 0 Å². The predicted molar refractivity (Wildman–Crippen MR) is 100 cm³/mol. The monoisotopic (exact) mass is 373 g/mol. The van der Waals surface area contributed by atoms with Gasteiger partial charge in [0.05, 0.1) is 17.5 Å². The highest BCUT2D eigenvalue weighted by atomic mass is 35.5. The molecule has 0 atom stereocenters. The Labute approximate surface area is 154 Å². The maximum absolute atomic E-state index is 12.7. The number of rotatable bonds is 2. The van der Waals surface area contributed by atoms with Gasteiger partial charge in [0.15, 0.2) is 5.65 Å². The SMILES string of the molecule is Cc1nc2c(cnn2C(C)C)cc1C(=O)N1CCC(N)CC1.Cl.Cl.